The standard InChI is InChI=1S/C10H13FN4/c11-8-3-1-2-4-9(8)15-6-5-13-10(7-12)14-15/h1-4H,5-7,12H2,(H,13,14). The quantitative estimate of drug-likeness (QED) is 0.744. The van der Waals surface area contributed by atoms with Gasteiger partial charge in [-0.3, -0.25) is 15.4 Å². The fourth-order valence-electron chi connectivity index (χ4n) is 1.49. The van der Waals surface area contributed by atoms with E-state index in [4.69, 9.17) is 5.73 Å². The molecule has 0 amide bonds. The molecule has 5 heteroatoms. The molecule has 0 fully saturated rings. The number of nitrogens with two attached hydrogens (primary N) is 1. The summed E-state index contributed by atoms with van der Waals surface area (Å²) in [4.78, 5) is 4.17. The van der Waals surface area contributed by atoms with Crippen molar-refractivity contribution >= 4 is 11.5 Å². The van der Waals surface area contributed by atoms with E-state index in [1.54, 1.807) is 23.2 Å². The number of benzene rings is 1. The first-order valence-corrected chi connectivity index (χ1v) is 4.83. The van der Waals surface area contributed by atoms with Crippen molar-refractivity contribution in [2.24, 2.45) is 10.7 Å². The van der Waals surface area contributed by atoms with E-state index in [9.17, 15) is 4.39 Å². The summed E-state index contributed by atoms with van der Waals surface area (Å²) in [6.07, 6.45) is 0. The molecule has 0 saturated heterocycles. The number of amidine groups is 1. The molecule has 15 heavy (non-hydrogen) atoms. The molecule has 0 atom stereocenters. The molecule has 0 aromatic heterocycles. The average molecular weight is 208 g/mol. The molecular formula is C10H13FN4. The normalized spacial score (nSPS) is 15.9. The first-order chi connectivity index (χ1) is 7.31. The van der Waals surface area contributed by atoms with Gasteiger partial charge in [0.15, 0.2) is 0 Å². The van der Waals surface area contributed by atoms with Crippen LogP contribution in [0.1, 0.15) is 0 Å². The maximum atomic E-state index is 13.5. The van der Waals surface area contributed by atoms with Gasteiger partial charge in [-0.2, -0.15) is 0 Å². The molecule has 0 saturated carbocycles. The van der Waals surface area contributed by atoms with Gasteiger partial charge in [-0.25, -0.2) is 4.39 Å². The zero-order valence-electron chi connectivity index (χ0n) is 8.28. The number of anilines is 1. The van der Waals surface area contributed by atoms with Gasteiger partial charge in [-0.1, -0.05) is 12.1 Å². The summed E-state index contributed by atoms with van der Waals surface area (Å²) in [5.74, 6) is 0.438. The third-order valence-corrected chi connectivity index (χ3v) is 2.23. The van der Waals surface area contributed by atoms with Crippen molar-refractivity contribution in [3.05, 3.63) is 30.1 Å². The molecule has 0 spiro atoms. The molecule has 0 radical (unpaired) electrons. The molecular weight excluding hydrogens is 195 g/mol. The highest BCUT2D eigenvalue weighted by Gasteiger charge is 2.14. The van der Waals surface area contributed by atoms with Gasteiger partial charge in [0, 0.05) is 0 Å². The summed E-state index contributed by atoms with van der Waals surface area (Å²) in [5, 5.41) is 1.73. The van der Waals surface area contributed by atoms with Gasteiger partial charge in [-0.15, -0.1) is 0 Å². The van der Waals surface area contributed by atoms with Crippen LogP contribution in [-0.4, -0.2) is 25.5 Å². The minimum absolute atomic E-state index is 0.247. The van der Waals surface area contributed by atoms with Crippen molar-refractivity contribution in [3.8, 4) is 0 Å². The Bertz CT molecular complexity index is 377. The number of aliphatic imine (C=N–C) groups is 1. The van der Waals surface area contributed by atoms with E-state index in [1.807, 2.05) is 0 Å². The highest BCUT2D eigenvalue weighted by atomic mass is 19.1. The maximum absolute atomic E-state index is 13.5. The fourth-order valence-corrected chi connectivity index (χ4v) is 1.49. The van der Waals surface area contributed by atoms with E-state index in [0.29, 0.717) is 31.2 Å². The molecule has 3 N–H and O–H groups in total. The number of halogens is 1. The number of rotatable bonds is 2. The average Bonchev–Trinajstić information content (AvgIpc) is 2.30. The van der Waals surface area contributed by atoms with Crippen molar-refractivity contribution in [2.75, 3.05) is 24.6 Å². The highest BCUT2D eigenvalue weighted by Crippen LogP contribution is 2.17. The van der Waals surface area contributed by atoms with Crippen LogP contribution in [0.2, 0.25) is 0 Å². The molecule has 0 bridgehead atoms. The lowest BCUT2D eigenvalue weighted by Crippen LogP contribution is -2.50. The Hall–Kier alpha value is -1.62. The maximum Gasteiger partial charge on any atom is 0.148 e. The molecule has 0 unspecified atom stereocenters. The topological polar surface area (TPSA) is 53.6 Å². The number of nitrogens with one attached hydrogen (secondary N) is 1. The lowest BCUT2D eigenvalue weighted by Gasteiger charge is -2.29. The van der Waals surface area contributed by atoms with E-state index in [2.05, 4.69) is 10.4 Å². The van der Waals surface area contributed by atoms with Crippen LogP contribution in [0.4, 0.5) is 10.1 Å². The zero-order chi connectivity index (χ0) is 10.7. The molecule has 80 valence electrons. The zero-order valence-corrected chi connectivity index (χ0v) is 8.28. The van der Waals surface area contributed by atoms with Crippen LogP contribution in [0.3, 0.4) is 0 Å². The van der Waals surface area contributed by atoms with E-state index in [-0.39, 0.29) is 5.82 Å². The molecule has 2 rings (SSSR count). The minimum Gasteiger partial charge on any atom is -0.324 e. The summed E-state index contributed by atoms with van der Waals surface area (Å²) in [7, 11) is 0. The third kappa shape index (κ3) is 2.07. The van der Waals surface area contributed by atoms with Crippen LogP contribution in [-0.2, 0) is 0 Å². The Morgan fingerprint density at radius 1 is 1.47 bits per heavy atom. The summed E-state index contributed by atoms with van der Waals surface area (Å²) in [6.45, 7) is 1.61. The van der Waals surface area contributed by atoms with Crippen molar-refractivity contribution in [1.82, 2.24) is 5.43 Å². The number of hydrogen-bond acceptors (Lipinski definition) is 4. The van der Waals surface area contributed by atoms with Crippen LogP contribution in [0.15, 0.2) is 29.3 Å². The van der Waals surface area contributed by atoms with Crippen molar-refractivity contribution < 1.29 is 4.39 Å². The van der Waals surface area contributed by atoms with E-state index < -0.39 is 0 Å². The number of hydrogen-bond donors (Lipinski definition) is 2. The SMILES string of the molecule is NCC1=NCCN(c2ccccc2F)N1. The van der Waals surface area contributed by atoms with Gasteiger partial charge < -0.3 is 5.73 Å². The Morgan fingerprint density at radius 3 is 3.00 bits per heavy atom. The molecule has 1 aliphatic heterocycles. The van der Waals surface area contributed by atoms with Crippen LogP contribution < -0.4 is 16.2 Å². The monoisotopic (exact) mass is 208 g/mol. The molecule has 1 aliphatic rings. The predicted octanol–water partition coefficient (Wildman–Crippen LogP) is 0.507. The molecule has 1 aromatic carbocycles. The van der Waals surface area contributed by atoms with Crippen LogP contribution in [0, 0.1) is 5.82 Å². The predicted molar refractivity (Wildman–Crippen MR) is 58.2 cm³/mol. The second kappa shape index (κ2) is 4.27. The van der Waals surface area contributed by atoms with Gasteiger partial charge in [0.2, 0.25) is 0 Å². The summed E-state index contributed by atoms with van der Waals surface area (Å²) < 4.78 is 13.5. The van der Waals surface area contributed by atoms with Crippen molar-refractivity contribution in [2.45, 2.75) is 0 Å². The lowest BCUT2D eigenvalue weighted by atomic mass is 10.3. The smallest absolute Gasteiger partial charge is 0.148 e. The van der Waals surface area contributed by atoms with Gasteiger partial charge >= 0.3 is 0 Å². The van der Waals surface area contributed by atoms with Crippen LogP contribution in [0.5, 0.6) is 0 Å². The Labute approximate surface area is 87.6 Å². The molecule has 1 heterocycles. The lowest BCUT2D eigenvalue weighted by molar-refractivity contribution is 0.606. The van der Waals surface area contributed by atoms with Gasteiger partial charge in [0.1, 0.15) is 11.7 Å². The molecule has 0 aliphatic carbocycles. The highest BCUT2D eigenvalue weighted by molar-refractivity contribution is 5.86. The molecule has 4 nitrogen and oxygen atoms in total. The van der Waals surface area contributed by atoms with Crippen molar-refractivity contribution in [3.63, 3.8) is 0 Å². The first kappa shape index (κ1) is 9.92. The van der Waals surface area contributed by atoms with E-state index in [0.717, 1.165) is 0 Å². The van der Waals surface area contributed by atoms with Gasteiger partial charge in [-0.05, 0) is 12.1 Å². The largest absolute Gasteiger partial charge is 0.324 e. The fraction of sp³-hybridized carbons (Fsp3) is 0.300. The summed E-state index contributed by atoms with van der Waals surface area (Å²) in [6, 6.07) is 6.63. The Balaban J connectivity index is 2.19. The van der Waals surface area contributed by atoms with Crippen LogP contribution in [0.25, 0.3) is 0 Å². The second-order valence-corrected chi connectivity index (χ2v) is 3.25. The number of hydrazine groups is 1. The number of para-hydroxylation sites is 1. The second-order valence-electron chi connectivity index (χ2n) is 3.25. The first-order valence-electron chi connectivity index (χ1n) is 4.83. The summed E-state index contributed by atoms with van der Waals surface area (Å²) >= 11 is 0. The number of nitrogens with zero attached hydrogens (tertiary/aromatic N) is 2. The van der Waals surface area contributed by atoms with E-state index in [1.165, 1.54) is 6.07 Å². The van der Waals surface area contributed by atoms with Crippen LogP contribution >= 0.6 is 0 Å². The molecule has 1 aromatic rings. The Kier molecular flexibility index (Phi) is 2.82. The van der Waals surface area contributed by atoms with Gasteiger partial charge in [0.05, 0.1) is 25.3 Å². The van der Waals surface area contributed by atoms with Crippen molar-refractivity contribution in [1.29, 1.82) is 0 Å². The van der Waals surface area contributed by atoms with Gasteiger partial charge in [0.25, 0.3) is 0 Å². The third-order valence-electron chi connectivity index (χ3n) is 2.23. The summed E-state index contributed by atoms with van der Waals surface area (Å²) in [5.41, 5.74) is 8.97. The van der Waals surface area contributed by atoms with E-state index >= 15 is 0 Å². The Morgan fingerprint density at radius 2 is 2.27 bits per heavy atom. The minimum atomic E-state index is -0.247.